The van der Waals surface area contributed by atoms with E-state index in [0.717, 1.165) is 18.9 Å². The normalized spacial score (nSPS) is 21.9. The number of halogens is 3. The molecule has 2 aliphatic rings. The first-order valence-electron chi connectivity index (χ1n) is 11.7. The van der Waals surface area contributed by atoms with Crippen molar-refractivity contribution < 1.29 is 22.8 Å². The van der Waals surface area contributed by atoms with Gasteiger partial charge in [0, 0.05) is 45.3 Å². The van der Waals surface area contributed by atoms with E-state index in [9.17, 15) is 22.8 Å². The highest BCUT2D eigenvalue weighted by Gasteiger charge is 2.44. The lowest BCUT2D eigenvalue weighted by atomic mass is 9.78. The zero-order chi connectivity index (χ0) is 25.3. The number of hydrogen-bond acceptors (Lipinski definition) is 4. The number of nitrogens with one attached hydrogen (secondary N) is 1. The maximum atomic E-state index is 13.4. The third-order valence-electron chi connectivity index (χ3n) is 6.92. The van der Waals surface area contributed by atoms with E-state index in [1.165, 1.54) is 6.07 Å². The monoisotopic (exact) mass is 478 g/mol. The molecule has 2 aliphatic heterocycles. The van der Waals surface area contributed by atoms with Crippen LogP contribution in [0.1, 0.15) is 51.2 Å². The molecule has 6 nitrogen and oxygen atoms in total. The SMILES string of the molecule is CNC(=O)[C@@H]1CN(C(=O)CC(C)(C)C)C[C@H]1C1CCN(c2ccc(C#N)c(C(F)(F)F)c2)CC1. The molecule has 0 saturated carbocycles. The summed E-state index contributed by atoms with van der Waals surface area (Å²) in [5, 5.41) is 11.8. The number of hydrogen-bond donors (Lipinski definition) is 1. The van der Waals surface area contributed by atoms with Crippen molar-refractivity contribution in [3.8, 4) is 6.07 Å². The molecule has 0 radical (unpaired) electrons. The highest BCUT2D eigenvalue weighted by molar-refractivity contribution is 5.82. The van der Waals surface area contributed by atoms with E-state index in [2.05, 4.69) is 5.32 Å². The summed E-state index contributed by atoms with van der Waals surface area (Å²) in [4.78, 5) is 29.1. The summed E-state index contributed by atoms with van der Waals surface area (Å²) >= 11 is 0. The molecule has 0 unspecified atom stereocenters. The Labute approximate surface area is 199 Å². The molecule has 2 atom stereocenters. The van der Waals surface area contributed by atoms with Gasteiger partial charge in [0.15, 0.2) is 0 Å². The van der Waals surface area contributed by atoms with Crippen molar-refractivity contribution in [1.29, 1.82) is 5.26 Å². The molecule has 9 heteroatoms. The van der Waals surface area contributed by atoms with Crippen LogP contribution in [0, 0.1) is 34.5 Å². The van der Waals surface area contributed by atoms with Crippen LogP contribution >= 0.6 is 0 Å². The van der Waals surface area contributed by atoms with Gasteiger partial charge in [-0.05, 0) is 48.3 Å². The highest BCUT2D eigenvalue weighted by atomic mass is 19.4. The van der Waals surface area contributed by atoms with Crippen molar-refractivity contribution in [1.82, 2.24) is 10.2 Å². The van der Waals surface area contributed by atoms with Crippen LogP contribution in [0.3, 0.4) is 0 Å². The number of rotatable bonds is 4. The lowest BCUT2D eigenvalue weighted by Gasteiger charge is -2.37. The topological polar surface area (TPSA) is 76.4 Å². The van der Waals surface area contributed by atoms with Gasteiger partial charge >= 0.3 is 6.18 Å². The third-order valence-corrected chi connectivity index (χ3v) is 6.92. The third kappa shape index (κ3) is 5.83. The molecule has 34 heavy (non-hydrogen) atoms. The standard InChI is InChI=1S/C25H33F3N4O2/c1-24(2,3)12-22(33)32-14-19(20(15-32)23(34)30-4)16-7-9-31(10-8-16)18-6-5-17(13-29)21(11-18)25(26,27)28/h5-6,11,16,19-20H,7-10,12,14-15H2,1-4H3,(H,30,34)/t19-,20+/m0/s1. The lowest BCUT2D eigenvalue weighted by Crippen LogP contribution is -2.41. The summed E-state index contributed by atoms with van der Waals surface area (Å²) in [7, 11) is 1.60. The molecule has 1 aromatic rings. The van der Waals surface area contributed by atoms with Gasteiger partial charge < -0.3 is 15.1 Å². The van der Waals surface area contributed by atoms with Crippen LogP contribution in [0.4, 0.5) is 18.9 Å². The fourth-order valence-corrected chi connectivity index (χ4v) is 5.19. The molecule has 2 fully saturated rings. The quantitative estimate of drug-likeness (QED) is 0.709. The summed E-state index contributed by atoms with van der Waals surface area (Å²) in [6.07, 6.45) is -2.73. The Morgan fingerprint density at radius 3 is 2.32 bits per heavy atom. The first kappa shape index (κ1) is 25.9. The van der Waals surface area contributed by atoms with Crippen LogP contribution in [0.5, 0.6) is 0 Å². The van der Waals surface area contributed by atoms with Gasteiger partial charge in [0.1, 0.15) is 0 Å². The number of alkyl halides is 3. The van der Waals surface area contributed by atoms with Crippen molar-refractivity contribution in [2.45, 2.75) is 46.2 Å². The molecule has 0 spiro atoms. The van der Waals surface area contributed by atoms with Crippen molar-refractivity contribution in [3.63, 3.8) is 0 Å². The number of benzene rings is 1. The molecule has 0 aliphatic carbocycles. The van der Waals surface area contributed by atoms with Gasteiger partial charge in [-0.3, -0.25) is 9.59 Å². The number of piperidine rings is 1. The van der Waals surface area contributed by atoms with E-state index in [4.69, 9.17) is 5.26 Å². The predicted octanol–water partition coefficient (Wildman–Crippen LogP) is 4.05. The second-order valence-corrected chi connectivity index (χ2v) is 10.6. The molecule has 0 aromatic heterocycles. The molecule has 2 amide bonds. The first-order chi connectivity index (χ1) is 15.8. The number of nitriles is 1. The minimum absolute atomic E-state index is 0.0257. The Morgan fingerprint density at radius 2 is 1.79 bits per heavy atom. The minimum atomic E-state index is -4.59. The first-order valence-corrected chi connectivity index (χ1v) is 11.7. The molecule has 3 rings (SSSR count). The summed E-state index contributed by atoms with van der Waals surface area (Å²) in [6, 6.07) is 5.45. The van der Waals surface area contributed by atoms with Gasteiger partial charge in [-0.1, -0.05) is 20.8 Å². The maximum absolute atomic E-state index is 13.4. The number of nitrogens with zero attached hydrogens (tertiary/aromatic N) is 3. The Balaban J connectivity index is 1.71. The average Bonchev–Trinajstić information content (AvgIpc) is 3.22. The molecule has 2 saturated heterocycles. The minimum Gasteiger partial charge on any atom is -0.372 e. The molecular formula is C25H33F3N4O2. The number of carbonyl (C=O) groups is 2. The maximum Gasteiger partial charge on any atom is 0.417 e. The molecule has 1 N–H and O–H groups in total. The van der Waals surface area contributed by atoms with E-state index in [-0.39, 0.29) is 40.5 Å². The van der Waals surface area contributed by atoms with Crippen molar-refractivity contribution in [3.05, 3.63) is 29.3 Å². The van der Waals surface area contributed by atoms with Crippen molar-refractivity contribution >= 4 is 17.5 Å². The van der Waals surface area contributed by atoms with Gasteiger partial charge in [-0.25, -0.2) is 0 Å². The van der Waals surface area contributed by atoms with Gasteiger partial charge in [0.05, 0.1) is 23.1 Å². The van der Waals surface area contributed by atoms with E-state index < -0.39 is 11.7 Å². The molecular weight excluding hydrogens is 445 g/mol. The molecule has 186 valence electrons. The van der Waals surface area contributed by atoms with E-state index in [1.54, 1.807) is 24.1 Å². The zero-order valence-corrected chi connectivity index (χ0v) is 20.2. The zero-order valence-electron chi connectivity index (χ0n) is 20.2. The van der Waals surface area contributed by atoms with Gasteiger partial charge in [0.2, 0.25) is 11.8 Å². The second kappa shape index (κ2) is 9.85. The average molecular weight is 479 g/mol. The number of carbonyl (C=O) groups excluding carboxylic acids is 2. The van der Waals surface area contributed by atoms with Crippen molar-refractivity contribution in [2.75, 3.05) is 38.1 Å². The van der Waals surface area contributed by atoms with Gasteiger partial charge in [0.25, 0.3) is 0 Å². The summed E-state index contributed by atoms with van der Waals surface area (Å²) in [5.41, 5.74) is -0.996. The number of anilines is 1. The predicted molar refractivity (Wildman–Crippen MR) is 123 cm³/mol. The summed E-state index contributed by atoms with van der Waals surface area (Å²) < 4.78 is 40.1. The van der Waals surface area contributed by atoms with Crippen LogP contribution in [-0.4, -0.2) is 49.9 Å². The molecule has 2 heterocycles. The lowest BCUT2D eigenvalue weighted by molar-refractivity contribution is -0.138. The van der Waals surface area contributed by atoms with Crippen LogP contribution in [0.2, 0.25) is 0 Å². The Morgan fingerprint density at radius 1 is 1.15 bits per heavy atom. The largest absolute Gasteiger partial charge is 0.417 e. The van der Waals surface area contributed by atoms with E-state index in [0.29, 0.717) is 38.3 Å². The van der Waals surface area contributed by atoms with Crippen LogP contribution in [-0.2, 0) is 15.8 Å². The van der Waals surface area contributed by atoms with Crippen LogP contribution in [0.15, 0.2) is 18.2 Å². The fraction of sp³-hybridized carbons (Fsp3) is 0.640. The molecule has 1 aromatic carbocycles. The number of likely N-dealkylation sites (tertiary alicyclic amines) is 1. The van der Waals surface area contributed by atoms with Crippen molar-refractivity contribution in [2.24, 2.45) is 23.2 Å². The van der Waals surface area contributed by atoms with E-state index in [1.807, 2.05) is 25.7 Å². The van der Waals surface area contributed by atoms with Crippen LogP contribution in [0.25, 0.3) is 0 Å². The Hall–Kier alpha value is -2.76. The smallest absolute Gasteiger partial charge is 0.372 e. The summed E-state index contributed by atoms with van der Waals surface area (Å²) in [5.74, 6) is -0.0691. The van der Waals surface area contributed by atoms with Gasteiger partial charge in [-0.2, -0.15) is 18.4 Å². The van der Waals surface area contributed by atoms with E-state index >= 15 is 0 Å². The highest BCUT2D eigenvalue weighted by Crippen LogP contribution is 2.39. The number of amides is 2. The van der Waals surface area contributed by atoms with Gasteiger partial charge in [-0.15, -0.1) is 0 Å². The molecule has 0 bridgehead atoms. The van der Waals surface area contributed by atoms with Crippen LogP contribution < -0.4 is 10.2 Å². The second-order valence-electron chi connectivity index (χ2n) is 10.6. The summed E-state index contributed by atoms with van der Waals surface area (Å²) in [6.45, 7) is 8.09. The Kier molecular flexibility index (Phi) is 7.49. The Bertz CT molecular complexity index is 956. The fourth-order valence-electron chi connectivity index (χ4n) is 5.19.